The molecule has 3 atom stereocenters. The van der Waals surface area contributed by atoms with Crippen LogP contribution in [0.1, 0.15) is 60.1 Å². The van der Waals surface area contributed by atoms with Crippen LogP contribution in [0.25, 0.3) is 11.0 Å². The fourth-order valence-corrected chi connectivity index (χ4v) is 4.50. The van der Waals surface area contributed by atoms with Crippen molar-refractivity contribution in [2.24, 2.45) is 11.3 Å². The monoisotopic (exact) mass is 529 g/mol. The molecular formula is C28H39N3O7. The van der Waals surface area contributed by atoms with Crippen molar-refractivity contribution >= 4 is 28.9 Å². The Kier molecular flexibility index (Phi) is 8.53. The minimum Gasteiger partial charge on any atom is -0.497 e. The Balaban J connectivity index is 1.86. The van der Waals surface area contributed by atoms with Crippen molar-refractivity contribution < 1.29 is 33.3 Å². The van der Waals surface area contributed by atoms with E-state index in [1.54, 1.807) is 46.9 Å². The molecule has 10 nitrogen and oxygen atoms in total. The van der Waals surface area contributed by atoms with Gasteiger partial charge in [-0.05, 0) is 45.2 Å². The van der Waals surface area contributed by atoms with E-state index in [-0.39, 0.29) is 25.3 Å². The van der Waals surface area contributed by atoms with Crippen LogP contribution in [0.4, 0.5) is 0 Å². The zero-order valence-corrected chi connectivity index (χ0v) is 23.8. The highest BCUT2D eigenvalue weighted by Crippen LogP contribution is 2.35. The molecule has 1 aliphatic heterocycles. The van der Waals surface area contributed by atoms with E-state index in [0.717, 1.165) is 0 Å². The van der Waals surface area contributed by atoms with Crippen molar-refractivity contribution in [3.8, 4) is 11.6 Å². The number of ether oxygens (including phenoxy) is 4. The van der Waals surface area contributed by atoms with Crippen LogP contribution >= 0.6 is 0 Å². The summed E-state index contributed by atoms with van der Waals surface area (Å²) in [5.41, 5.74) is 0.645. The van der Waals surface area contributed by atoms with Gasteiger partial charge in [-0.15, -0.1) is 0 Å². The van der Waals surface area contributed by atoms with E-state index in [2.05, 4.69) is 9.97 Å². The normalized spacial score (nSPS) is 18.7. The van der Waals surface area contributed by atoms with Crippen LogP contribution in [0, 0.1) is 18.3 Å². The molecule has 10 heteroatoms. The third-order valence-electron chi connectivity index (χ3n) is 6.43. The molecule has 208 valence electrons. The highest BCUT2D eigenvalue weighted by atomic mass is 16.6. The first-order valence-electron chi connectivity index (χ1n) is 12.7. The fourth-order valence-electron chi connectivity index (χ4n) is 4.50. The molecule has 1 saturated heterocycles. The summed E-state index contributed by atoms with van der Waals surface area (Å²) in [6, 6.07) is 4.54. The summed E-state index contributed by atoms with van der Waals surface area (Å²) in [4.78, 5) is 49.9. The first kappa shape index (κ1) is 29.1. The standard InChI is InChI=1S/C28H39N3O7/c1-16-24(30-21-12-17(35-8)10-11-20(21)29-16)37-18-13-22(26(34)36-9)31(15-18)25(33)19(27(2,3)4)14-23(32)38-28(5,6)7/h10-12,18-19,22H,13-15H2,1-9H3/t18-,19-,22+/m1/s1. The second-order valence-electron chi connectivity index (χ2n) is 11.7. The Bertz CT molecular complexity index is 1200. The summed E-state index contributed by atoms with van der Waals surface area (Å²) in [5, 5.41) is 0. The molecule has 1 fully saturated rings. The molecule has 1 aromatic heterocycles. The van der Waals surface area contributed by atoms with E-state index in [9.17, 15) is 14.4 Å². The number of rotatable bonds is 7. The SMILES string of the molecule is COC(=O)[C@@H]1C[C@@H](Oc2nc3cc(OC)ccc3nc2C)CN1C(=O)[C@@H](CC(=O)OC(C)(C)C)C(C)(C)C. The second kappa shape index (κ2) is 11.1. The highest BCUT2D eigenvalue weighted by molar-refractivity contribution is 5.89. The molecule has 0 radical (unpaired) electrons. The quantitative estimate of drug-likeness (QED) is 0.493. The Hall–Kier alpha value is -3.43. The van der Waals surface area contributed by atoms with Gasteiger partial charge in [0.25, 0.3) is 0 Å². The predicted octanol–water partition coefficient (Wildman–Crippen LogP) is 3.86. The Morgan fingerprint density at radius 1 is 1.05 bits per heavy atom. The summed E-state index contributed by atoms with van der Waals surface area (Å²) >= 11 is 0. The van der Waals surface area contributed by atoms with Gasteiger partial charge in [0, 0.05) is 12.5 Å². The van der Waals surface area contributed by atoms with Gasteiger partial charge in [0.1, 0.15) is 29.2 Å². The third kappa shape index (κ3) is 6.90. The fraction of sp³-hybridized carbons (Fsp3) is 0.607. The minimum atomic E-state index is -0.852. The number of hydrogen-bond acceptors (Lipinski definition) is 9. The maximum Gasteiger partial charge on any atom is 0.328 e. The molecule has 3 rings (SSSR count). The van der Waals surface area contributed by atoms with Gasteiger partial charge < -0.3 is 23.8 Å². The average molecular weight is 530 g/mol. The molecule has 2 aromatic rings. The lowest BCUT2D eigenvalue weighted by molar-refractivity contribution is -0.162. The molecule has 1 aromatic carbocycles. The molecule has 38 heavy (non-hydrogen) atoms. The summed E-state index contributed by atoms with van der Waals surface area (Å²) in [7, 11) is 2.86. The van der Waals surface area contributed by atoms with Crippen molar-refractivity contribution in [3.05, 3.63) is 23.9 Å². The number of hydrogen-bond donors (Lipinski definition) is 0. The van der Waals surface area contributed by atoms with Gasteiger partial charge in [0.15, 0.2) is 0 Å². The van der Waals surface area contributed by atoms with Crippen molar-refractivity contribution in [2.45, 2.75) is 79.1 Å². The van der Waals surface area contributed by atoms with Crippen LogP contribution in [0.2, 0.25) is 0 Å². The van der Waals surface area contributed by atoms with Crippen molar-refractivity contribution in [1.82, 2.24) is 14.9 Å². The lowest BCUT2D eigenvalue weighted by Crippen LogP contribution is -2.48. The van der Waals surface area contributed by atoms with E-state index >= 15 is 0 Å². The van der Waals surface area contributed by atoms with Crippen LogP contribution in [0.15, 0.2) is 18.2 Å². The van der Waals surface area contributed by atoms with Crippen molar-refractivity contribution in [1.29, 1.82) is 0 Å². The van der Waals surface area contributed by atoms with E-state index in [0.29, 0.717) is 28.4 Å². The number of esters is 2. The van der Waals surface area contributed by atoms with E-state index in [1.807, 2.05) is 26.8 Å². The lowest BCUT2D eigenvalue weighted by Gasteiger charge is -2.34. The Morgan fingerprint density at radius 3 is 2.32 bits per heavy atom. The Morgan fingerprint density at radius 2 is 1.74 bits per heavy atom. The molecule has 0 bridgehead atoms. The number of carbonyl (C=O) groups is 3. The third-order valence-corrected chi connectivity index (χ3v) is 6.43. The van der Waals surface area contributed by atoms with E-state index < -0.39 is 41.0 Å². The first-order valence-corrected chi connectivity index (χ1v) is 12.7. The zero-order valence-electron chi connectivity index (χ0n) is 23.8. The number of amides is 1. The summed E-state index contributed by atoms with van der Waals surface area (Å²) in [6.45, 7) is 12.9. The van der Waals surface area contributed by atoms with Crippen LogP contribution in [0.3, 0.4) is 0 Å². The number of benzene rings is 1. The topological polar surface area (TPSA) is 117 Å². The molecule has 1 aliphatic rings. The van der Waals surface area contributed by atoms with Gasteiger partial charge in [-0.3, -0.25) is 9.59 Å². The van der Waals surface area contributed by atoms with Gasteiger partial charge in [-0.25, -0.2) is 14.8 Å². The predicted molar refractivity (Wildman–Crippen MR) is 141 cm³/mol. The number of methoxy groups -OCH3 is 2. The van der Waals surface area contributed by atoms with Crippen molar-refractivity contribution in [3.63, 3.8) is 0 Å². The summed E-state index contributed by atoms with van der Waals surface area (Å²) in [6.07, 6.45) is -0.410. The van der Waals surface area contributed by atoms with Gasteiger partial charge >= 0.3 is 11.9 Å². The van der Waals surface area contributed by atoms with Gasteiger partial charge in [0.2, 0.25) is 11.8 Å². The Labute approximate surface area is 224 Å². The first-order chi connectivity index (χ1) is 17.6. The summed E-state index contributed by atoms with van der Waals surface area (Å²) < 4.78 is 22.0. The molecule has 0 saturated carbocycles. The van der Waals surface area contributed by atoms with Crippen LogP contribution in [-0.4, -0.2) is 71.2 Å². The second-order valence-corrected chi connectivity index (χ2v) is 11.7. The molecule has 1 amide bonds. The smallest absolute Gasteiger partial charge is 0.328 e. The van der Waals surface area contributed by atoms with Crippen LogP contribution in [0.5, 0.6) is 11.6 Å². The minimum absolute atomic E-state index is 0.105. The number of nitrogens with zero attached hydrogens (tertiary/aromatic N) is 3. The molecule has 0 unspecified atom stereocenters. The number of aromatic nitrogens is 2. The van der Waals surface area contributed by atoms with Crippen LogP contribution in [-0.2, 0) is 23.9 Å². The van der Waals surface area contributed by atoms with Crippen LogP contribution < -0.4 is 9.47 Å². The maximum atomic E-state index is 13.8. The zero-order chi connectivity index (χ0) is 28.4. The summed E-state index contributed by atoms with van der Waals surface area (Å²) in [5.74, 6) is -1.09. The van der Waals surface area contributed by atoms with Gasteiger partial charge in [-0.1, -0.05) is 20.8 Å². The molecule has 0 aliphatic carbocycles. The van der Waals surface area contributed by atoms with Gasteiger partial charge in [-0.2, -0.15) is 0 Å². The van der Waals surface area contributed by atoms with Crippen molar-refractivity contribution in [2.75, 3.05) is 20.8 Å². The van der Waals surface area contributed by atoms with E-state index in [1.165, 1.54) is 12.0 Å². The lowest BCUT2D eigenvalue weighted by atomic mass is 9.77. The number of fused-ring (bicyclic) bond motifs is 1. The number of likely N-dealkylation sites (tertiary alicyclic amines) is 1. The largest absolute Gasteiger partial charge is 0.497 e. The van der Waals surface area contributed by atoms with E-state index in [4.69, 9.17) is 18.9 Å². The number of aryl methyl sites for hydroxylation is 1. The molecular weight excluding hydrogens is 490 g/mol. The molecule has 2 heterocycles. The average Bonchev–Trinajstić information content (AvgIpc) is 3.24. The number of carbonyl (C=O) groups excluding carboxylic acids is 3. The van der Waals surface area contributed by atoms with Gasteiger partial charge in [0.05, 0.1) is 44.1 Å². The molecule has 0 N–H and O–H groups in total. The maximum absolute atomic E-state index is 13.8. The molecule has 0 spiro atoms. The highest BCUT2D eigenvalue weighted by Gasteiger charge is 2.46.